The minimum atomic E-state index is 0.696. The van der Waals surface area contributed by atoms with Crippen molar-refractivity contribution in [2.24, 2.45) is 10.1 Å². The number of rotatable bonds is 3. The van der Waals surface area contributed by atoms with Gasteiger partial charge in [-0.1, -0.05) is 54.2 Å². The topological polar surface area (TPSA) is 28.0 Å². The Kier molecular flexibility index (Phi) is 4.82. The molecular weight excluding hydrogens is 302 g/mol. The highest BCUT2D eigenvalue weighted by atomic mass is 32.2. The molecule has 4 heteroatoms. The second-order valence-electron chi connectivity index (χ2n) is 5.74. The lowest BCUT2D eigenvalue weighted by Crippen LogP contribution is -2.28. The van der Waals surface area contributed by atoms with E-state index in [4.69, 9.17) is 10.1 Å². The zero-order valence-corrected chi connectivity index (χ0v) is 14.6. The fourth-order valence-electron chi connectivity index (χ4n) is 2.43. The van der Waals surface area contributed by atoms with Gasteiger partial charge in [0.1, 0.15) is 0 Å². The van der Waals surface area contributed by atoms with Gasteiger partial charge in [-0.05, 0) is 42.2 Å². The Labute approximate surface area is 142 Å². The van der Waals surface area contributed by atoms with E-state index in [0.717, 1.165) is 16.6 Å². The standard InChI is InChI=1S/C19H21N3S/c1-14-9-10-17(11-15(14)2)18-13-23-19(22(3)21-18)20-12-16-7-5-4-6-8-16/h4-11H,12-13H2,1-3H3. The van der Waals surface area contributed by atoms with Crippen molar-refractivity contribution >= 4 is 22.6 Å². The lowest BCUT2D eigenvalue weighted by molar-refractivity contribution is 0.550. The van der Waals surface area contributed by atoms with Gasteiger partial charge < -0.3 is 0 Å². The number of aryl methyl sites for hydroxylation is 2. The number of benzene rings is 2. The number of aliphatic imine (C=N–C) groups is 1. The van der Waals surface area contributed by atoms with Crippen molar-refractivity contribution < 1.29 is 0 Å². The van der Waals surface area contributed by atoms with Gasteiger partial charge in [0.15, 0.2) is 5.17 Å². The maximum Gasteiger partial charge on any atom is 0.180 e. The van der Waals surface area contributed by atoms with Gasteiger partial charge in [0, 0.05) is 12.8 Å². The van der Waals surface area contributed by atoms with E-state index in [2.05, 4.69) is 44.2 Å². The van der Waals surface area contributed by atoms with Crippen LogP contribution >= 0.6 is 11.8 Å². The van der Waals surface area contributed by atoms with Gasteiger partial charge in [-0.15, -0.1) is 0 Å². The molecule has 2 aromatic rings. The van der Waals surface area contributed by atoms with Crippen LogP contribution in [0.2, 0.25) is 0 Å². The summed E-state index contributed by atoms with van der Waals surface area (Å²) in [6.07, 6.45) is 0. The largest absolute Gasteiger partial charge is 0.256 e. The molecule has 3 rings (SSSR count). The molecule has 0 saturated heterocycles. The van der Waals surface area contributed by atoms with Gasteiger partial charge in [-0.2, -0.15) is 5.10 Å². The molecule has 1 heterocycles. The summed E-state index contributed by atoms with van der Waals surface area (Å²) >= 11 is 1.75. The second kappa shape index (κ2) is 7.01. The van der Waals surface area contributed by atoms with Crippen molar-refractivity contribution in [3.05, 3.63) is 70.8 Å². The fraction of sp³-hybridized carbons (Fsp3) is 0.263. The van der Waals surface area contributed by atoms with Crippen LogP contribution in [0, 0.1) is 13.8 Å². The summed E-state index contributed by atoms with van der Waals surface area (Å²) in [5, 5.41) is 7.58. The van der Waals surface area contributed by atoms with Crippen molar-refractivity contribution in [1.82, 2.24) is 5.01 Å². The van der Waals surface area contributed by atoms with Crippen molar-refractivity contribution in [2.75, 3.05) is 12.8 Å². The third kappa shape index (κ3) is 3.82. The molecule has 23 heavy (non-hydrogen) atoms. The van der Waals surface area contributed by atoms with Crippen molar-refractivity contribution in [3.63, 3.8) is 0 Å². The van der Waals surface area contributed by atoms with Gasteiger partial charge >= 0.3 is 0 Å². The number of nitrogens with zero attached hydrogens (tertiary/aromatic N) is 3. The molecule has 0 amide bonds. The van der Waals surface area contributed by atoms with Crippen LogP contribution in [0.25, 0.3) is 0 Å². The summed E-state index contributed by atoms with van der Waals surface area (Å²) in [5.41, 5.74) is 6.16. The molecule has 0 aliphatic carbocycles. The van der Waals surface area contributed by atoms with Crippen LogP contribution in [0.4, 0.5) is 0 Å². The van der Waals surface area contributed by atoms with Gasteiger partial charge in [0.05, 0.1) is 12.3 Å². The molecule has 0 bridgehead atoms. The monoisotopic (exact) mass is 323 g/mol. The lowest BCUT2D eigenvalue weighted by Gasteiger charge is -2.23. The Balaban J connectivity index is 1.75. The molecule has 0 spiro atoms. The predicted octanol–water partition coefficient (Wildman–Crippen LogP) is 4.24. The highest BCUT2D eigenvalue weighted by Gasteiger charge is 2.17. The second-order valence-corrected chi connectivity index (χ2v) is 6.68. The molecule has 2 aromatic carbocycles. The van der Waals surface area contributed by atoms with E-state index in [1.165, 1.54) is 22.3 Å². The molecule has 0 atom stereocenters. The molecule has 0 unspecified atom stereocenters. The number of hydrogen-bond acceptors (Lipinski definition) is 3. The van der Waals surface area contributed by atoms with E-state index in [0.29, 0.717) is 6.54 Å². The summed E-state index contributed by atoms with van der Waals surface area (Å²) in [5.74, 6) is 0.862. The van der Waals surface area contributed by atoms with Crippen LogP contribution in [-0.2, 0) is 6.54 Å². The molecule has 3 nitrogen and oxygen atoms in total. The van der Waals surface area contributed by atoms with E-state index >= 15 is 0 Å². The quantitative estimate of drug-likeness (QED) is 0.845. The highest BCUT2D eigenvalue weighted by molar-refractivity contribution is 8.14. The van der Waals surface area contributed by atoms with E-state index in [1.54, 1.807) is 11.8 Å². The minimum Gasteiger partial charge on any atom is -0.256 e. The maximum atomic E-state index is 4.72. The maximum absolute atomic E-state index is 4.72. The zero-order chi connectivity index (χ0) is 16.2. The van der Waals surface area contributed by atoms with E-state index in [9.17, 15) is 0 Å². The zero-order valence-electron chi connectivity index (χ0n) is 13.8. The predicted molar refractivity (Wildman–Crippen MR) is 100 cm³/mol. The molecule has 1 aliphatic heterocycles. The van der Waals surface area contributed by atoms with Crippen LogP contribution in [0.5, 0.6) is 0 Å². The molecule has 0 fully saturated rings. The first-order chi connectivity index (χ1) is 11.1. The molecule has 0 radical (unpaired) electrons. The number of amidine groups is 1. The molecule has 118 valence electrons. The average molecular weight is 323 g/mol. The third-order valence-corrected chi connectivity index (χ3v) is 5.03. The average Bonchev–Trinajstić information content (AvgIpc) is 2.57. The van der Waals surface area contributed by atoms with Gasteiger partial charge in [0.25, 0.3) is 0 Å². The first-order valence-corrected chi connectivity index (χ1v) is 8.72. The van der Waals surface area contributed by atoms with E-state index in [-0.39, 0.29) is 0 Å². The third-order valence-electron chi connectivity index (χ3n) is 3.97. The SMILES string of the molecule is Cc1ccc(C2=NN(C)C(=NCc3ccccc3)SC2)cc1C. The van der Waals surface area contributed by atoms with Crippen molar-refractivity contribution in [1.29, 1.82) is 0 Å². The highest BCUT2D eigenvalue weighted by Crippen LogP contribution is 2.21. The summed E-state index contributed by atoms with van der Waals surface area (Å²) in [6.45, 7) is 4.98. The summed E-state index contributed by atoms with van der Waals surface area (Å²) in [7, 11) is 1.97. The molecule has 1 aliphatic rings. The molecular formula is C19H21N3S. The number of hydrogen-bond donors (Lipinski definition) is 0. The van der Waals surface area contributed by atoms with Crippen LogP contribution in [0.15, 0.2) is 58.6 Å². The van der Waals surface area contributed by atoms with Crippen LogP contribution < -0.4 is 0 Å². The first kappa shape index (κ1) is 15.8. The van der Waals surface area contributed by atoms with Gasteiger partial charge in [-0.3, -0.25) is 4.99 Å². The van der Waals surface area contributed by atoms with Crippen molar-refractivity contribution in [2.45, 2.75) is 20.4 Å². The Morgan fingerprint density at radius 3 is 2.57 bits per heavy atom. The Hall–Kier alpha value is -2.07. The van der Waals surface area contributed by atoms with Crippen LogP contribution in [0.1, 0.15) is 22.3 Å². The van der Waals surface area contributed by atoms with Crippen LogP contribution in [-0.4, -0.2) is 28.7 Å². The summed E-state index contributed by atoms with van der Waals surface area (Å²) < 4.78 is 0. The number of hydrazone groups is 1. The van der Waals surface area contributed by atoms with Gasteiger partial charge in [-0.25, -0.2) is 5.01 Å². The van der Waals surface area contributed by atoms with Crippen LogP contribution in [0.3, 0.4) is 0 Å². The van der Waals surface area contributed by atoms with Gasteiger partial charge in [0.2, 0.25) is 0 Å². The Bertz CT molecular complexity index is 750. The molecule has 0 saturated carbocycles. The first-order valence-electron chi connectivity index (χ1n) is 7.73. The summed E-state index contributed by atoms with van der Waals surface area (Å²) in [4.78, 5) is 4.69. The van der Waals surface area contributed by atoms with Crippen molar-refractivity contribution in [3.8, 4) is 0 Å². The number of thioether (sulfide) groups is 1. The Morgan fingerprint density at radius 1 is 1.09 bits per heavy atom. The lowest BCUT2D eigenvalue weighted by atomic mass is 10.0. The Morgan fingerprint density at radius 2 is 1.87 bits per heavy atom. The normalized spacial score (nSPS) is 16.6. The van der Waals surface area contributed by atoms with E-state index < -0.39 is 0 Å². The smallest absolute Gasteiger partial charge is 0.180 e. The minimum absolute atomic E-state index is 0.696. The molecule has 0 N–H and O–H groups in total. The summed E-state index contributed by atoms with van der Waals surface area (Å²) in [6, 6.07) is 16.8. The fourth-order valence-corrected chi connectivity index (χ4v) is 3.31. The molecule has 0 aromatic heterocycles. The van der Waals surface area contributed by atoms with E-state index in [1.807, 2.05) is 30.3 Å².